The molecule has 0 aliphatic heterocycles. The predicted molar refractivity (Wildman–Crippen MR) is 114 cm³/mol. The van der Waals surface area contributed by atoms with Gasteiger partial charge in [-0.15, -0.1) is 0 Å². The molecule has 2 aromatic carbocycles. The number of nitrogens with one attached hydrogen (secondary N) is 3. The number of nitrogens with zero attached hydrogens (tertiary/aromatic N) is 1. The molecule has 0 heterocycles. The number of hydrogen-bond acceptors (Lipinski definition) is 3. The highest BCUT2D eigenvalue weighted by molar-refractivity contribution is 5.94. The van der Waals surface area contributed by atoms with Crippen molar-refractivity contribution in [3.63, 3.8) is 0 Å². The number of rotatable bonds is 10. The molecule has 3 N–H and O–H groups in total. The van der Waals surface area contributed by atoms with Gasteiger partial charge < -0.3 is 20.7 Å². The van der Waals surface area contributed by atoms with Gasteiger partial charge in [-0.2, -0.15) is 0 Å². The molecule has 2 rings (SSSR count). The number of para-hydroxylation sites is 1. The van der Waals surface area contributed by atoms with Gasteiger partial charge in [-0.3, -0.25) is 4.79 Å². The summed E-state index contributed by atoms with van der Waals surface area (Å²) < 4.78 is 5.69. The van der Waals surface area contributed by atoms with Crippen LogP contribution in [0.15, 0.2) is 59.6 Å². The SMILES string of the molecule is CCNC(=O)c1ccc(CN=C(NCC)NCCCOc2ccccc2)cc1. The van der Waals surface area contributed by atoms with Crippen molar-refractivity contribution >= 4 is 11.9 Å². The van der Waals surface area contributed by atoms with Crippen LogP contribution >= 0.6 is 0 Å². The molecule has 0 aliphatic carbocycles. The fourth-order valence-corrected chi connectivity index (χ4v) is 2.52. The molecule has 0 atom stereocenters. The van der Waals surface area contributed by atoms with E-state index in [-0.39, 0.29) is 5.91 Å². The van der Waals surface area contributed by atoms with Gasteiger partial charge in [0, 0.05) is 25.2 Å². The summed E-state index contributed by atoms with van der Waals surface area (Å²) in [5.41, 5.74) is 1.72. The summed E-state index contributed by atoms with van der Waals surface area (Å²) in [7, 11) is 0. The Hall–Kier alpha value is -3.02. The van der Waals surface area contributed by atoms with Crippen molar-refractivity contribution < 1.29 is 9.53 Å². The molecule has 2 aromatic rings. The molecule has 0 saturated heterocycles. The Balaban J connectivity index is 1.77. The first kappa shape index (κ1) is 21.3. The maximum atomic E-state index is 11.8. The van der Waals surface area contributed by atoms with E-state index in [1.165, 1.54) is 0 Å². The monoisotopic (exact) mass is 382 g/mol. The number of amides is 1. The molecule has 0 aromatic heterocycles. The molecule has 0 unspecified atom stereocenters. The molecular formula is C22H30N4O2. The molecule has 0 saturated carbocycles. The lowest BCUT2D eigenvalue weighted by Gasteiger charge is -2.12. The Morgan fingerprint density at radius 3 is 2.32 bits per heavy atom. The number of carbonyl (C=O) groups is 1. The molecule has 1 amide bonds. The van der Waals surface area contributed by atoms with Crippen molar-refractivity contribution in [3.8, 4) is 5.75 Å². The Morgan fingerprint density at radius 2 is 1.64 bits per heavy atom. The van der Waals surface area contributed by atoms with Crippen LogP contribution in [0.4, 0.5) is 0 Å². The molecule has 0 bridgehead atoms. The summed E-state index contributed by atoms with van der Waals surface area (Å²) >= 11 is 0. The van der Waals surface area contributed by atoms with E-state index < -0.39 is 0 Å². The van der Waals surface area contributed by atoms with Crippen molar-refractivity contribution in [2.75, 3.05) is 26.2 Å². The lowest BCUT2D eigenvalue weighted by molar-refractivity contribution is 0.0956. The normalized spacial score (nSPS) is 11.0. The quantitative estimate of drug-likeness (QED) is 0.336. The van der Waals surface area contributed by atoms with Crippen LogP contribution in [-0.2, 0) is 6.54 Å². The number of hydrogen-bond donors (Lipinski definition) is 3. The summed E-state index contributed by atoms with van der Waals surface area (Å²) in [5.74, 6) is 1.61. The summed E-state index contributed by atoms with van der Waals surface area (Å²) in [5, 5.41) is 9.36. The van der Waals surface area contributed by atoms with E-state index in [1.54, 1.807) is 0 Å². The maximum absolute atomic E-state index is 11.8. The molecule has 0 radical (unpaired) electrons. The zero-order chi connectivity index (χ0) is 20.0. The molecule has 0 fully saturated rings. The van der Waals surface area contributed by atoms with E-state index in [1.807, 2.05) is 68.4 Å². The molecule has 28 heavy (non-hydrogen) atoms. The maximum Gasteiger partial charge on any atom is 0.251 e. The van der Waals surface area contributed by atoms with E-state index in [9.17, 15) is 4.79 Å². The molecular weight excluding hydrogens is 352 g/mol. The van der Waals surface area contributed by atoms with Crippen molar-refractivity contribution in [2.45, 2.75) is 26.8 Å². The third-order valence-electron chi connectivity index (χ3n) is 3.94. The fraction of sp³-hybridized carbons (Fsp3) is 0.364. The molecule has 0 spiro atoms. The summed E-state index contributed by atoms with van der Waals surface area (Å²) in [6.45, 7) is 7.33. The largest absolute Gasteiger partial charge is 0.494 e. The minimum Gasteiger partial charge on any atom is -0.494 e. The first-order valence-corrected chi connectivity index (χ1v) is 9.80. The summed E-state index contributed by atoms with van der Waals surface area (Å²) in [6, 6.07) is 17.3. The van der Waals surface area contributed by atoms with Gasteiger partial charge in [0.25, 0.3) is 5.91 Å². The molecule has 0 aliphatic rings. The van der Waals surface area contributed by atoms with Crippen LogP contribution < -0.4 is 20.7 Å². The van der Waals surface area contributed by atoms with Gasteiger partial charge in [-0.25, -0.2) is 4.99 Å². The van der Waals surface area contributed by atoms with Gasteiger partial charge in [-0.1, -0.05) is 30.3 Å². The minimum absolute atomic E-state index is 0.0507. The van der Waals surface area contributed by atoms with Crippen LogP contribution in [0.2, 0.25) is 0 Å². The molecule has 150 valence electrons. The summed E-state index contributed by atoms with van der Waals surface area (Å²) in [4.78, 5) is 16.4. The zero-order valence-corrected chi connectivity index (χ0v) is 16.7. The van der Waals surface area contributed by atoms with Gasteiger partial charge in [0.1, 0.15) is 5.75 Å². The number of carbonyl (C=O) groups excluding carboxylic acids is 1. The Morgan fingerprint density at radius 1 is 0.929 bits per heavy atom. The van der Waals surface area contributed by atoms with Crippen molar-refractivity contribution in [3.05, 3.63) is 65.7 Å². The van der Waals surface area contributed by atoms with Gasteiger partial charge in [0.2, 0.25) is 0 Å². The minimum atomic E-state index is -0.0507. The van der Waals surface area contributed by atoms with Crippen molar-refractivity contribution in [1.82, 2.24) is 16.0 Å². The van der Waals surface area contributed by atoms with Crippen LogP contribution in [0.5, 0.6) is 5.75 Å². The van der Waals surface area contributed by atoms with Crippen LogP contribution in [0.25, 0.3) is 0 Å². The van der Waals surface area contributed by atoms with Gasteiger partial charge in [-0.05, 0) is 50.1 Å². The Labute approximate surface area is 167 Å². The second kappa shape index (κ2) is 12.4. The average Bonchev–Trinajstić information content (AvgIpc) is 2.73. The van der Waals surface area contributed by atoms with E-state index in [2.05, 4.69) is 20.9 Å². The van der Waals surface area contributed by atoms with Gasteiger partial charge in [0.05, 0.1) is 13.2 Å². The number of guanidine groups is 1. The topological polar surface area (TPSA) is 74.8 Å². The zero-order valence-electron chi connectivity index (χ0n) is 16.7. The number of aliphatic imine (C=N–C) groups is 1. The highest BCUT2D eigenvalue weighted by Crippen LogP contribution is 2.08. The smallest absolute Gasteiger partial charge is 0.251 e. The second-order valence-corrected chi connectivity index (χ2v) is 6.19. The first-order valence-electron chi connectivity index (χ1n) is 9.80. The Kier molecular flexibility index (Phi) is 9.41. The van der Waals surface area contributed by atoms with Crippen molar-refractivity contribution in [1.29, 1.82) is 0 Å². The summed E-state index contributed by atoms with van der Waals surface area (Å²) in [6.07, 6.45) is 0.876. The third-order valence-corrected chi connectivity index (χ3v) is 3.94. The Bertz CT molecular complexity index is 730. The first-order chi connectivity index (χ1) is 13.7. The van der Waals surface area contributed by atoms with E-state index in [0.717, 1.165) is 36.8 Å². The van der Waals surface area contributed by atoms with Gasteiger partial charge in [0.15, 0.2) is 5.96 Å². The van der Waals surface area contributed by atoms with Gasteiger partial charge >= 0.3 is 0 Å². The van der Waals surface area contributed by atoms with Crippen LogP contribution in [0, 0.1) is 0 Å². The lowest BCUT2D eigenvalue weighted by atomic mass is 10.1. The second-order valence-electron chi connectivity index (χ2n) is 6.19. The van der Waals surface area contributed by atoms with Crippen LogP contribution in [-0.4, -0.2) is 38.1 Å². The van der Waals surface area contributed by atoms with Crippen LogP contribution in [0.3, 0.4) is 0 Å². The predicted octanol–water partition coefficient (Wildman–Crippen LogP) is 2.96. The van der Waals surface area contributed by atoms with E-state index in [0.29, 0.717) is 25.3 Å². The lowest BCUT2D eigenvalue weighted by Crippen LogP contribution is -2.38. The number of benzene rings is 2. The average molecular weight is 383 g/mol. The van der Waals surface area contributed by atoms with Crippen LogP contribution in [0.1, 0.15) is 36.2 Å². The highest BCUT2D eigenvalue weighted by Gasteiger charge is 2.03. The third kappa shape index (κ3) is 7.70. The van der Waals surface area contributed by atoms with E-state index in [4.69, 9.17) is 4.74 Å². The fourth-order valence-electron chi connectivity index (χ4n) is 2.52. The standard InChI is InChI=1S/C22H30N4O2/c1-3-23-21(27)19-13-11-18(12-14-19)17-26-22(24-4-2)25-15-8-16-28-20-9-6-5-7-10-20/h5-7,9-14H,3-4,8,15-17H2,1-2H3,(H,23,27)(H2,24,25,26). The van der Waals surface area contributed by atoms with E-state index >= 15 is 0 Å². The molecule has 6 nitrogen and oxygen atoms in total. The van der Waals surface area contributed by atoms with Crippen molar-refractivity contribution in [2.24, 2.45) is 4.99 Å². The highest BCUT2D eigenvalue weighted by atomic mass is 16.5. The number of ether oxygens (including phenoxy) is 1. The molecule has 6 heteroatoms.